The van der Waals surface area contributed by atoms with Crippen molar-refractivity contribution in [1.29, 1.82) is 0 Å². The third-order valence-electron chi connectivity index (χ3n) is 7.85. The molecule has 2 amide bonds. The molecule has 8 heteroatoms. The second-order valence-electron chi connectivity index (χ2n) is 10.5. The van der Waals surface area contributed by atoms with Crippen LogP contribution >= 0.6 is 0 Å². The first kappa shape index (κ1) is 27.4. The fourth-order valence-electron chi connectivity index (χ4n) is 6.22. The van der Waals surface area contributed by atoms with Crippen molar-refractivity contribution in [3.8, 4) is 0 Å². The van der Waals surface area contributed by atoms with E-state index in [9.17, 15) is 14.4 Å². The molecule has 2 bridgehead atoms. The first-order valence-electron chi connectivity index (χ1n) is 13.0. The summed E-state index contributed by atoms with van der Waals surface area (Å²) >= 11 is 0. The Morgan fingerprint density at radius 2 is 1.97 bits per heavy atom. The molecule has 0 aromatic rings. The second-order valence-corrected chi connectivity index (χ2v) is 10.5. The molecule has 3 aliphatic heterocycles. The van der Waals surface area contributed by atoms with E-state index in [1.807, 2.05) is 20.8 Å². The SMILES string of the molecule is C=CCCCOC(=O)[C@@H]1[C@H]2C(=O)N(CCCCCO)C(C(=O)N(CC=C)C(C)C)C23CC[C@@]1(C)O3. The number of nitrogens with zero attached hydrogens (tertiary/aromatic N) is 2. The molecule has 2 unspecified atom stereocenters. The smallest absolute Gasteiger partial charge is 0.312 e. The standard InChI is InChI=1S/C27H42N2O6/c1-6-8-12-18-34-25(33)21-20-23(31)29(16-10-9-11-17-30)22(24(32)28(15-7-2)19(3)4)27(20)14-13-26(21,5)35-27/h6-7,19-22,30H,1-2,8-18H2,3-5H3/t20-,21-,22?,26+,27?/m0/s1. The third kappa shape index (κ3) is 4.92. The van der Waals surface area contributed by atoms with E-state index < -0.39 is 35.0 Å². The zero-order valence-electron chi connectivity index (χ0n) is 21.5. The maximum atomic E-state index is 14.0. The highest BCUT2D eigenvalue weighted by atomic mass is 16.6. The Hall–Kier alpha value is -2.19. The number of rotatable bonds is 14. The zero-order valence-corrected chi connectivity index (χ0v) is 21.5. The third-order valence-corrected chi connectivity index (χ3v) is 7.85. The van der Waals surface area contributed by atoms with Crippen LogP contribution in [0.2, 0.25) is 0 Å². The first-order chi connectivity index (χ1) is 16.7. The number of ether oxygens (including phenoxy) is 2. The lowest BCUT2D eigenvalue weighted by Crippen LogP contribution is -2.57. The Bertz CT molecular complexity index is 828. The number of allylic oxidation sites excluding steroid dienone is 1. The molecule has 3 rings (SSSR count). The van der Waals surface area contributed by atoms with Crippen molar-refractivity contribution in [3.05, 3.63) is 25.3 Å². The number of carbonyl (C=O) groups is 3. The molecule has 196 valence electrons. The molecule has 8 nitrogen and oxygen atoms in total. The summed E-state index contributed by atoms with van der Waals surface area (Å²) in [5.74, 6) is -2.26. The van der Waals surface area contributed by atoms with Crippen molar-refractivity contribution in [3.63, 3.8) is 0 Å². The summed E-state index contributed by atoms with van der Waals surface area (Å²) in [7, 11) is 0. The molecule has 1 spiro atoms. The van der Waals surface area contributed by atoms with Gasteiger partial charge in [-0.2, -0.15) is 0 Å². The van der Waals surface area contributed by atoms with Gasteiger partial charge in [0.05, 0.1) is 18.1 Å². The second kappa shape index (κ2) is 11.2. The van der Waals surface area contributed by atoms with Gasteiger partial charge in [0.1, 0.15) is 17.6 Å². The van der Waals surface area contributed by atoms with Crippen LogP contribution in [0.5, 0.6) is 0 Å². The average Bonchev–Trinajstić information content (AvgIpc) is 3.38. The number of esters is 1. The predicted octanol–water partition coefficient (Wildman–Crippen LogP) is 2.85. The van der Waals surface area contributed by atoms with E-state index in [1.54, 1.807) is 22.0 Å². The number of aliphatic hydroxyl groups excluding tert-OH is 1. The quantitative estimate of drug-likeness (QED) is 0.229. The number of likely N-dealkylation sites (tertiary alicyclic amines) is 1. The average molecular weight is 491 g/mol. The Kier molecular flexibility index (Phi) is 8.81. The summed E-state index contributed by atoms with van der Waals surface area (Å²) in [4.78, 5) is 44.6. The van der Waals surface area contributed by atoms with E-state index >= 15 is 0 Å². The minimum absolute atomic E-state index is 0.0814. The Morgan fingerprint density at radius 3 is 2.60 bits per heavy atom. The van der Waals surface area contributed by atoms with E-state index in [0.717, 1.165) is 12.8 Å². The molecule has 3 fully saturated rings. The van der Waals surface area contributed by atoms with Crippen LogP contribution in [-0.4, -0.2) is 82.3 Å². The lowest BCUT2D eigenvalue weighted by Gasteiger charge is -2.38. The maximum absolute atomic E-state index is 14.0. The summed E-state index contributed by atoms with van der Waals surface area (Å²) in [6.07, 6.45) is 8.06. The van der Waals surface area contributed by atoms with Crippen molar-refractivity contribution in [2.24, 2.45) is 11.8 Å². The molecular formula is C27H42N2O6. The van der Waals surface area contributed by atoms with E-state index in [4.69, 9.17) is 14.6 Å². The van der Waals surface area contributed by atoms with Crippen LogP contribution in [0.25, 0.3) is 0 Å². The van der Waals surface area contributed by atoms with Crippen LogP contribution in [-0.2, 0) is 23.9 Å². The Balaban J connectivity index is 1.95. The summed E-state index contributed by atoms with van der Waals surface area (Å²) < 4.78 is 12.2. The summed E-state index contributed by atoms with van der Waals surface area (Å²) in [5.41, 5.74) is -1.88. The normalized spacial score (nSPS) is 31.1. The van der Waals surface area contributed by atoms with Crippen molar-refractivity contribution < 1.29 is 29.0 Å². The molecule has 0 aliphatic carbocycles. The lowest BCUT2D eigenvalue weighted by atomic mass is 9.66. The van der Waals surface area contributed by atoms with Crippen molar-refractivity contribution in [2.45, 2.75) is 89.0 Å². The van der Waals surface area contributed by atoms with Gasteiger partial charge in [-0.3, -0.25) is 14.4 Å². The molecule has 0 aromatic carbocycles. The van der Waals surface area contributed by atoms with Crippen molar-refractivity contribution >= 4 is 17.8 Å². The topological polar surface area (TPSA) is 96.4 Å². The number of carbonyl (C=O) groups excluding carboxylic acids is 3. The molecule has 3 saturated heterocycles. The van der Waals surface area contributed by atoms with Crippen LogP contribution in [0.15, 0.2) is 25.3 Å². The molecule has 3 heterocycles. The lowest BCUT2D eigenvalue weighted by molar-refractivity contribution is -0.160. The summed E-state index contributed by atoms with van der Waals surface area (Å²) in [5, 5.41) is 9.16. The highest BCUT2D eigenvalue weighted by Crippen LogP contribution is 2.63. The highest BCUT2D eigenvalue weighted by Gasteiger charge is 2.78. The van der Waals surface area contributed by atoms with Gasteiger partial charge in [0.15, 0.2) is 0 Å². The number of unbranched alkanes of at least 4 members (excludes halogenated alkanes) is 3. The monoisotopic (exact) mass is 490 g/mol. The molecule has 35 heavy (non-hydrogen) atoms. The van der Waals surface area contributed by atoms with E-state index in [-0.39, 0.29) is 31.1 Å². The number of aliphatic hydroxyl groups is 1. The van der Waals surface area contributed by atoms with Gasteiger partial charge in [-0.25, -0.2) is 0 Å². The van der Waals surface area contributed by atoms with Gasteiger partial charge in [0.25, 0.3) is 0 Å². The van der Waals surface area contributed by atoms with Gasteiger partial charge in [-0.1, -0.05) is 12.2 Å². The van der Waals surface area contributed by atoms with Gasteiger partial charge < -0.3 is 24.4 Å². The largest absolute Gasteiger partial charge is 0.465 e. The van der Waals surface area contributed by atoms with E-state index in [0.29, 0.717) is 45.2 Å². The van der Waals surface area contributed by atoms with Crippen molar-refractivity contribution in [2.75, 3.05) is 26.3 Å². The van der Waals surface area contributed by atoms with Crippen LogP contribution in [0.1, 0.15) is 65.7 Å². The fraction of sp³-hybridized carbons (Fsp3) is 0.741. The Morgan fingerprint density at radius 1 is 1.23 bits per heavy atom. The van der Waals surface area contributed by atoms with E-state index in [1.165, 1.54) is 0 Å². The molecular weight excluding hydrogens is 448 g/mol. The van der Waals surface area contributed by atoms with Gasteiger partial charge >= 0.3 is 5.97 Å². The molecule has 1 N–H and O–H groups in total. The number of amides is 2. The minimum atomic E-state index is -1.04. The first-order valence-corrected chi connectivity index (χ1v) is 13.0. The maximum Gasteiger partial charge on any atom is 0.312 e. The van der Waals surface area contributed by atoms with Gasteiger partial charge in [0.2, 0.25) is 11.8 Å². The predicted molar refractivity (Wildman–Crippen MR) is 132 cm³/mol. The minimum Gasteiger partial charge on any atom is -0.465 e. The van der Waals surface area contributed by atoms with Crippen LogP contribution in [0, 0.1) is 11.8 Å². The number of hydrogen-bond donors (Lipinski definition) is 1. The Labute approximate surface area is 209 Å². The van der Waals surface area contributed by atoms with Crippen molar-refractivity contribution in [1.82, 2.24) is 9.80 Å². The molecule has 5 atom stereocenters. The van der Waals surface area contributed by atoms with Gasteiger partial charge in [-0.05, 0) is 65.7 Å². The molecule has 0 radical (unpaired) electrons. The van der Waals surface area contributed by atoms with E-state index in [2.05, 4.69) is 13.2 Å². The summed E-state index contributed by atoms with van der Waals surface area (Å²) in [6, 6.07) is -0.876. The van der Waals surface area contributed by atoms with Crippen LogP contribution in [0.3, 0.4) is 0 Å². The number of fused-ring (bicyclic) bond motifs is 1. The summed E-state index contributed by atoms with van der Waals surface area (Å²) in [6.45, 7) is 14.4. The molecule has 3 aliphatic rings. The fourth-order valence-corrected chi connectivity index (χ4v) is 6.22. The van der Waals surface area contributed by atoms with Gasteiger partial charge in [0, 0.05) is 25.7 Å². The van der Waals surface area contributed by atoms with Gasteiger partial charge in [-0.15, -0.1) is 13.2 Å². The molecule has 0 aromatic heterocycles. The highest BCUT2D eigenvalue weighted by molar-refractivity contribution is 5.98. The van der Waals surface area contributed by atoms with Crippen LogP contribution in [0.4, 0.5) is 0 Å². The van der Waals surface area contributed by atoms with Crippen LogP contribution < -0.4 is 0 Å². The molecule has 0 saturated carbocycles. The number of hydrogen-bond acceptors (Lipinski definition) is 6. The zero-order chi connectivity index (χ0) is 25.8.